The minimum Gasteiger partial charge on any atom is -0.478 e. The monoisotopic (exact) mass is 209 g/mol. The molecule has 0 aromatic rings. The summed E-state index contributed by atoms with van der Waals surface area (Å²) in [5, 5.41) is 9.18. The van der Waals surface area contributed by atoms with Gasteiger partial charge in [-0.15, -0.1) is 0 Å². The van der Waals surface area contributed by atoms with Crippen molar-refractivity contribution in [3.05, 3.63) is 11.1 Å². The Morgan fingerprint density at radius 1 is 1.40 bits per heavy atom. The van der Waals surface area contributed by atoms with E-state index in [1.807, 2.05) is 0 Å². The van der Waals surface area contributed by atoms with Crippen LogP contribution in [-0.4, -0.2) is 36.1 Å². The van der Waals surface area contributed by atoms with Crippen LogP contribution in [0.15, 0.2) is 11.1 Å². The van der Waals surface area contributed by atoms with Crippen LogP contribution in [0.3, 0.4) is 0 Å². The van der Waals surface area contributed by atoms with Crippen LogP contribution in [0.5, 0.6) is 0 Å². The van der Waals surface area contributed by atoms with Gasteiger partial charge in [0.15, 0.2) is 0 Å². The number of carboxylic acids is 1. The Bertz CT molecular complexity index is 290. The Morgan fingerprint density at radius 3 is 2.67 bits per heavy atom. The van der Waals surface area contributed by atoms with Gasteiger partial charge in [-0.25, -0.2) is 4.79 Å². The first-order chi connectivity index (χ1) is 7.18. The van der Waals surface area contributed by atoms with E-state index in [0.717, 1.165) is 19.5 Å². The molecule has 0 atom stereocenters. The largest absolute Gasteiger partial charge is 0.478 e. The fourth-order valence-corrected chi connectivity index (χ4v) is 2.82. The molecule has 1 N–H and O–H groups in total. The van der Waals surface area contributed by atoms with Gasteiger partial charge in [-0.2, -0.15) is 0 Å². The van der Waals surface area contributed by atoms with E-state index in [0.29, 0.717) is 11.5 Å². The smallest absolute Gasteiger partial charge is 0.331 e. The van der Waals surface area contributed by atoms with Gasteiger partial charge in [-0.1, -0.05) is 12.8 Å². The van der Waals surface area contributed by atoms with Gasteiger partial charge in [-0.05, 0) is 37.8 Å². The van der Waals surface area contributed by atoms with E-state index in [1.165, 1.54) is 31.3 Å². The Labute approximate surface area is 90.8 Å². The maximum Gasteiger partial charge on any atom is 0.331 e. The molecule has 1 saturated carbocycles. The molecule has 15 heavy (non-hydrogen) atoms. The number of carbonyl (C=O) groups is 1. The van der Waals surface area contributed by atoms with Crippen LogP contribution in [0.4, 0.5) is 0 Å². The number of hydrogen-bond donors (Lipinski definition) is 1. The van der Waals surface area contributed by atoms with Crippen molar-refractivity contribution in [3.8, 4) is 0 Å². The molecule has 0 aromatic carbocycles. The Hall–Kier alpha value is -0.830. The highest BCUT2D eigenvalue weighted by molar-refractivity contribution is 5.88. The molecule has 84 valence electrons. The third-order valence-corrected chi connectivity index (χ3v) is 3.68. The molecular formula is C12H19NO2. The lowest BCUT2D eigenvalue weighted by Crippen LogP contribution is -2.32. The average molecular weight is 209 g/mol. The fraction of sp³-hybridized carbons (Fsp3) is 0.750. The summed E-state index contributed by atoms with van der Waals surface area (Å²) in [5.41, 5.74) is 1.92. The lowest BCUT2D eigenvalue weighted by molar-refractivity contribution is -0.133. The zero-order valence-electron chi connectivity index (χ0n) is 9.33. The number of rotatable bonds is 2. The fourth-order valence-electron chi connectivity index (χ4n) is 2.82. The molecule has 2 rings (SSSR count). The SMILES string of the molecule is CN1CCC(C(=O)O)=C(C2CCCC2)C1. The molecule has 0 unspecified atom stereocenters. The van der Waals surface area contributed by atoms with Gasteiger partial charge < -0.3 is 10.0 Å². The molecule has 3 heteroatoms. The second kappa shape index (κ2) is 4.35. The highest BCUT2D eigenvalue weighted by atomic mass is 16.4. The van der Waals surface area contributed by atoms with Gasteiger partial charge in [0, 0.05) is 18.7 Å². The summed E-state index contributed by atoms with van der Waals surface area (Å²) in [5.74, 6) is -0.135. The van der Waals surface area contributed by atoms with Gasteiger partial charge in [-0.3, -0.25) is 0 Å². The summed E-state index contributed by atoms with van der Waals surface area (Å²) in [6.07, 6.45) is 5.65. The van der Waals surface area contributed by atoms with Crippen molar-refractivity contribution in [2.45, 2.75) is 32.1 Å². The van der Waals surface area contributed by atoms with E-state index in [2.05, 4.69) is 11.9 Å². The maximum atomic E-state index is 11.2. The van der Waals surface area contributed by atoms with Crippen molar-refractivity contribution >= 4 is 5.97 Å². The molecule has 0 aromatic heterocycles. The number of aliphatic carboxylic acids is 1. The quantitative estimate of drug-likeness (QED) is 0.755. The first-order valence-electron chi connectivity index (χ1n) is 5.82. The molecule has 2 aliphatic rings. The summed E-state index contributed by atoms with van der Waals surface area (Å²) in [6, 6.07) is 0. The second-order valence-corrected chi connectivity index (χ2v) is 4.78. The van der Waals surface area contributed by atoms with Crippen LogP contribution in [0, 0.1) is 5.92 Å². The van der Waals surface area contributed by atoms with Crippen LogP contribution in [0.1, 0.15) is 32.1 Å². The number of hydrogen-bond acceptors (Lipinski definition) is 2. The molecule has 1 aliphatic carbocycles. The normalized spacial score (nSPS) is 24.9. The number of likely N-dealkylation sites (N-methyl/N-ethyl adjacent to an activating group) is 1. The van der Waals surface area contributed by atoms with Crippen molar-refractivity contribution in [1.29, 1.82) is 0 Å². The maximum absolute atomic E-state index is 11.2. The molecule has 0 bridgehead atoms. The van der Waals surface area contributed by atoms with E-state index < -0.39 is 5.97 Å². The zero-order valence-corrected chi connectivity index (χ0v) is 9.33. The van der Waals surface area contributed by atoms with Crippen LogP contribution in [0.25, 0.3) is 0 Å². The number of nitrogens with zero attached hydrogens (tertiary/aromatic N) is 1. The van der Waals surface area contributed by atoms with E-state index in [4.69, 9.17) is 0 Å². The molecule has 0 amide bonds. The number of carboxylic acid groups (broad SMARTS) is 1. The second-order valence-electron chi connectivity index (χ2n) is 4.78. The zero-order chi connectivity index (χ0) is 10.8. The van der Waals surface area contributed by atoms with E-state index in [9.17, 15) is 9.90 Å². The molecule has 0 radical (unpaired) electrons. The van der Waals surface area contributed by atoms with Crippen LogP contribution < -0.4 is 0 Å². The molecule has 0 spiro atoms. The van der Waals surface area contributed by atoms with E-state index in [1.54, 1.807) is 0 Å². The first-order valence-corrected chi connectivity index (χ1v) is 5.82. The Morgan fingerprint density at radius 2 is 2.07 bits per heavy atom. The predicted molar refractivity (Wildman–Crippen MR) is 58.7 cm³/mol. The Balaban J connectivity index is 2.23. The Kier molecular flexibility index (Phi) is 3.10. The summed E-state index contributed by atoms with van der Waals surface area (Å²) in [4.78, 5) is 13.4. The van der Waals surface area contributed by atoms with Crippen molar-refractivity contribution in [3.63, 3.8) is 0 Å². The summed E-state index contributed by atoms with van der Waals surface area (Å²) in [6.45, 7) is 1.75. The van der Waals surface area contributed by atoms with Crippen molar-refractivity contribution in [1.82, 2.24) is 4.90 Å². The third kappa shape index (κ3) is 2.23. The van der Waals surface area contributed by atoms with Gasteiger partial charge in [0.25, 0.3) is 0 Å². The van der Waals surface area contributed by atoms with Crippen molar-refractivity contribution in [2.24, 2.45) is 5.92 Å². The first kappa shape index (κ1) is 10.7. The summed E-state index contributed by atoms with van der Waals surface area (Å²) in [7, 11) is 2.08. The molecule has 0 saturated heterocycles. The lowest BCUT2D eigenvalue weighted by Gasteiger charge is -2.29. The van der Waals surface area contributed by atoms with Gasteiger partial charge in [0.2, 0.25) is 0 Å². The van der Waals surface area contributed by atoms with E-state index >= 15 is 0 Å². The summed E-state index contributed by atoms with van der Waals surface area (Å²) >= 11 is 0. The molecule has 1 heterocycles. The lowest BCUT2D eigenvalue weighted by atomic mass is 9.88. The topological polar surface area (TPSA) is 40.5 Å². The average Bonchev–Trinajstić information content (AvgIpc) is 2.69. The van der Waals surface area contributed by atoms with Crippen LogP contribution in [0.2, 0.25) is 0 Å². The van der Waals surface area contributed by atoms with Gasteiger partial charge in [0.1, 0.15) is 0 Å². The highest BCUT2D eigenvalue weighted by Gasteiger charge is 2.28. The molecule has 1 fully saturated rings. The highest BCUT2D eigenvalue weighted by Crippen LogP contribution is 2.35. The predicted octanol–water partition coefficient (Wildman–Crippen LogP) is 1.89. The minimum absolute atomic E-state index is 0.554. The van der Waals surface area contributed by atoms with Crippen molar-refractivity contribution in [2.75, 3.05) is 20.1 Å². The van der Waals surface area contributed by atoms with Crippen molar-refractivity contribution < 1.29 is 9.90 Å². The standard InChI is InChI=1S/C12H19NO2/c1-13-7-6-10(12(14)15)11(8-13)9-4-2-3-5-9/h9H,2-8H2,1H3,(H,14,15). The van der Waals surface area contributed by atoms with Crippen LogP contribution >= 0.6 is 0 Å². The van der Waals surface area contributed by atoms with Gasteiger partial charge in [0.05, 0.1) is 0 Å². The van der Waals surface area contributed by atoms with E-state index in [-0.39, 0.29) is 0 Å². The summed E-state index contributed by atoms with van der Waals surface area (Å²) < 4.78 is 0. The van der Waals surface area contributed by atoms with Crippen LogP contribution in [-0.2, 0) is 4.79 Å². The van der Waals surface area contributed by atoms with Gasteiger partial charge >= 0.3 is 5.97 Å². The minimum atomic E-state index is -0.690. The third-order valence-electron chi connectivity index (χ3n) is 3.68. The molecule has 3 nitrogen and oxygen atoms in total. The molecular weight excluding hydrogens is 190 g/mol. The molecule has 1 aliphatic heterocycles.